The van der Waals surface area contributed by atoms with Gasteiger partial charge in [0.15, 0.2) is 0 Å². The summed E-state index contributed by atoms with van der Waals surface area (Å²) in [5.74, 6) is 0.543. The monoisotopic (exact) mass is 398 g/mol. The van der Waals surface area contributed by atoms with Gasteiger partial charge in [0.05, 0.1) is 18.4 Å². The molecule has 0 saturated carbocycles. The fourth-order valence-corrected chi connectivity index (χ4v) is 3.33. The molecule has 0 radical (unpaired) electrons. The highest BCUT2D eigenvalue weighted by Gasteiger charge is 2.23. The lowest BCUT2D eigenvalue weighted by Crippen LogP contribution is -2.26. The first-order valence-corrected chi connectivity index (χ1v) is 9.60. The Morgan fingerprint density at radius 2 is 1.80 bits per heavy atom. The van der Waals surface area contributed by atoms with E-state index in [9.17, 15) is 4.79 Å². The number of nitrogens with zero attached hydrogens (tertiary/aromatic N) is 4. The van der Waals surface area contributed by atoms with E-state index in [1.54, 1.807) is 42.3 Å². The average Bonchev–Trinajstić information content (AvgIpc) is 3.25. The molecule has 150 valence electrons. The van der Waals surface area contributed by atoms with Crippen LogP contribution < -0.4 is 4.74 Å². The van der Waals surface area contributed by atoms with Gasteiger partial charge in [-0.3, -0.25) is 9.78 Å². The van der Waals surface area contributed by atoms with E-state index in [4.69, 9.17) is 9.84 Å². The maximum Gasteiger partial charge on any atom is 0.257 e. The maximum absolute atomic E-state index is 13.4. The van der Waals surface area contributed by atoms with Crippen molar-refractivity contribution in [1.29, 1.82) is 0 Å². The van der Waals surface area contributed by atoms with Crippen LogP contribution in [0.1, 0.15) is 15.9 Å². The minimum Gasteiger partial charge on any atom is -0.496 e. The van der Waals surface area contributed by atoms with Crippen LogP contribution in [0.25, 0.3) is 16.9 Å². The molecule has 30 heavy (non-hydrogen) atoms. The summed E-state index contributed by atoms with van der Waals surface area (Å²) in [5.41, 5.74) is 3.70. The Hall–Kier alpha value is -3.93. The zero-order valence-electron chi connectivity index (χ0n) is 16.9. The third-order valence-electron chi connectivity index (χ3n) is 4.82. The fraction of sp³-hybridized carbons (Fsp3) is 0.125. The lowest BCUT2D eigenvalue weighted by atomic mass is 10.1. The Kier molecular flexibility index (Phi) is 5.57. The van der Waals surface area contributed by atoms with Gasteiger partial charge in [0.2, 0.25) is 0 Å². The quantitative estimate of drug-likeness (QED) is 0.488. The third kappa shape index (κ3) is 3.93. The summed E-state index contributed by atoms with van der Waals surface area (Å²) in [6.45, 7) is 0.453. The summed E-state index contributed by atoms with van der Waals surface area (Å²) in [7, 11) is 3.39. The molecule has 0 bridgehead atoms. The number of rotatable bonds is 6. The predicted octanol–water partition coefficient (Wildman–Crippen LogP) is 4.22. The van der Waals surface area contributed by atoms with Crippen LogP contribution in [0.15, 0.2) is 85.3 Å². The summed E-state index contributed by atoms with van der Waals surface area (Å²) < 4.78 is 7.25. The van der Waals surface area contributed by atoms with E-state index in [1.807, 2.05) is 66.7 Å². The number of aromatic nitrogens is 3. The Morgan fingerprint density at radius 3 is 2.53 bits per heavy atom. The van der Waals surface area contributed by atoms with E-state index < -0.39 is 0 Å². The molecule has 0 aliphatic carbocycles. The molecule has 2 aromatic carbocycles. The molecule has 1 amide bonds. The topological polar surface area (TPSA) is 60.3 Å². The van der Waals surface area contributed by atoms with Crippen LogP contribution in [-0.2, 0) is 6.54 Å². The molecule has 0 aliphatic rings. The first kappa shape index (κ1) is 19.4. The van der Waals surface area contributed by atoms with Crippen molar-refractivity contribution < 1.29 is 9.53 Å². The van der Waals surface area contributed by atoms with Gasteiger partial charge in [0.1, 0.15) is 11.4 Å². The van der Waals surface area contributed by atoms with E-state index >= 15 is 0 Å². The molecule has 6 heteroatoms. The van der Waals surface area contributed by atoms with Gasteiger partial charge in [-0.2, -0.15) is 5.10 Å². The Balaban J connectivity index is 1.77. The van der Waals surface area contributed by atoms with Gasteiger partial charge in [-0.25, -0.2) is 4.68 Å². The summed E-state index contributed by atoms with van der Waals surface area (Å²) >= 11 is 0. The number of pyridine rings is 1. The van der Waals surface area contributed by atoms with Gasteiger partial charge >= 0.3 is 0 Å². The zero-order valence-corrected chi connectivity index (χ0v) is 16.9. The number of amides is 1. The summed E-state index contributed by atoms with van der Waals surface area (Å²) in [6.07, 6.45) is 5.26. The van der Waals surface area contributed by atoms with Gasteiger partial charge in [-0.1, -0.05) is 36.4 Å². The molecule has 0 saturated heterocycles. The van der Waals surface area contributed by atoms with Crippen molar-refractivity contribution >= 4 is 5.91 Å². The molecular weight excluding hydrogens is 376 g/mol. The standard InChI is InChI=1S/C24H22N4O2/c1-27(16-18-9-8-14-25-15-18)24(29)21-17-28(19-10-4-3-5-11-19)26-23(21)20-12-6-7-13-22(20)30-2/h3-15,17H,16H2,1-2H3. The Morgan fingerprint density at radius 1 is 1.03 bits per heavy atom. The second-order valence-corrected chi connectivity index (χ2v) is 6.89. The molecule has 0 unspecified atom stereocenters. The first-order chi connectivity index (χ1) is 14.7. The highest BCUT2D eigenvalue weighted by Crippen LogP contribution is 2.32. The van der Waals surface area contributed by atoms with Crippen LogP contribution in [-0.4, -0.2) is 39.7 Å². The lowest BCUT2D eigenvalue weighted by Gasteiger charge is -2.17. The van der Waals surface area contributed by atoms with Crippen molar-refractivity contribution in [3.05, 3.63) is 96.4 Å². The number of ether oxygens (including phenoxy) is 1. The van der Waals surface area contributed by atoms with Crippen LogP contribution in [0.3, 0.4) is 0 Å². The number of hydrogen-bond donors (Lipinski definition) is 0. The van der Waals surface area contributed by atoms with Crippen molar-refractivity contribution in [2.24, 2.45) is 0 Å². The highest BCUT2D eigenvalue weighted by molar-refractivity contribution is 6.00. The van der Waals surface area contributed by atoms with Gasteiger partial charge in [-0.05, 0) is 35.9 Å². The largest absolute Gasteiger partial charge is 0.496 e. The van der Waals surface area contributed by atoms with Crippen LogP contribution in [0.5, 0.6) is 5.75 Å². The molecule has 0 aliphatic heterocycles. The van der Waals surface area contributed by atoms with Gasteiger partial charge < -0.3 is 9.64 Å². The Labute approximate surface area is 175 Å². The minimum atomic E-state index is -0.123. The predicted molar refractivity (Wildman–Crippen MR) is 116 cm³/mol. The number of benzene rings is 2. The molecule has 2 aromatic heterocycles. The van der Waals surface area contributed by atoms with E-state index in [0.717, 1.165) is 16.8 Å². The molecule has 2 heterocycles. The number of carbonyl (C=O) groups excluding carboxylic acids is 1. The van der Waals surface area contributed by atoms with E-state index in [0.29, 0.717) is 23.6 Å². The second kappa shape index (κ2) is 8.61. The maximum atomic E-state index is 13.4. The number of carbonyl (C=O) groups is 1. The Bertz CT molecular complexity index is 1140. The van der Waals surface area contributed by atoms with Gasteiger partial charge in [0, 0.05) is 37.7 Å². The number of methoxy groups -OCH3 is 1. The van der Waals surface area contributed by atoms with Gasteiger partial charge in [0.25, 0.3) is 5.91 Å². The summed E-state index contributed by atoms with van der Waals surface area (Å²) in [5, 5.41) is 4.75. The molecule has 0 atom stereocenters. The molecule has 0 fully saturated rings. The van der Waals surface area contributed by atoms with Gasteiger partial charge in [-0.15, -0.1) is 0 Å². The van der Waals surface area contributed by atoms with Crippen LogP contribution >= 0.6 is 0 Å². The van der Waals surface area contributed by atoms with Crippen molar-refractivity contribution in [3.63, 3.8) is 0 Å². The minimum absolute atomic E-state index is 0.123. The molecule has 4 rings (SSSR count). The van der Waals surface area contributed by atoms with Crippen molar-refractivity contribution in [2.45, 2.75) is 6.54 Å². The fourth-order valence-electron chi connectivity index (χ4n) is 3.33. The normalized spacial score (nSPS) is 10.6. The third-order valence-corrected chi connectivity index (χ3v) is 4.82. The molecular formula is C24H22N4O2. The van der Waals surface area contributed by atoms with Crippen LogP contribution in [0.2, 0.25) is 0 Å². The highest BCUT2D eigenvalue weighted by atomic mass is 16.5. The zero-order chi connectivity index (χ0) is 20.9. The summed E-state index contributed by atoms with van der Waals surface area (Å²) in [6, 6.07) is 21.1. The lowest BCUT2D eigenvalue weighted by molar-refractivity contribution is 0.0785. The van der Waals surface area contributed by atoms with E-state index in [2.05, 4.69) is 4.98 Å². The van der Waals surface area contributed by atoms with Crippen LogP contribution in [0.4, 0.5) is 0 Å². The first-order valence-electron chi connectivity index (χ1n) is 9.60. The second-order valence-electron chi connectivity index (χ2n) is 6.89. The smallest absolute Gasteiger partial charge is 0.257 e. The van der Waals surface area contributed by atoms with Crippen molar-refractivity contribution in [3.8, 4) is 22.7 Å². The molecule has 0 spiro atoms. The van der Waals surface area contributed by atoms with Crippen LogP contribution in [0, 0.1) is 0 Å². The average molecular weight is 398 g/mol. The molecule has 4 aromatic rings. The van der Waals surface area contributed by atoms with Crippen molar-refractivity contribution in [2.75, 3.05) is 14.2 Å². The molecule has 0 N–H and O–H groups in total. The van der Waals surface area contributed by atoms with E-state index in [-0.39, 0.29) is 5.91 Å². The van der Waals surface area contributed by atoms with E-state index in [1.165, 1.54) is 0 Å². The SMILES string of the molecule is COc1ccccc1-c1nn(-c2ccccc2)cc1C(=O)N(C)Cc1cccnc1. The summed E-state index contributed by atoms with van der Waals surface area (Å²) in [4.78, 5) is 19.2. The molecule has 6 nitrogen and oxygen atoms in total. The number of hydrogen-bond acceptors (Lipinski definition) is 4. The van der Waals surface area contributed by atoms with Crippen molar-refractivity contribution in [1.82, 2.24) is 19.7 Å². The number of para-hydroxylation sites is 2.